The predicted octanol–water partition coefficient (Wildman–Crippen LogP) is 5.53. The minimum absolute atomic E-state index is 0.173. The number of benzene rings is 2. The van der Waals surface area contributed by atoms with Crippen LogP contribution in [0.1, 0.15) is 18.9 Å². The second kappa shape index (κ2) is 7.51. The predicted molar refractivity (Wildman–Crippen MR) is 91.7 cm³/mol. The third-order valence-corrected chi connectivity index (χ3v) is 5.75. The molecule has 2 aromatic carbocycles. The quantitative estimate of drug-likeness (QED) is 0.748. The van der Waals surface area contributed by atoms with Crippen molar-refractivity contribution in [2.45, 2.75) is 35.6 Å². The zero-order valence-electron chi connectivity index (χ0n) is 11.3. The van der Waals surface area contributed by atoms with E-state index in [4.69, 9.17) is 17.3 Å². The average molecular weight is 371 g/mol. The highest BCUT2D eigenvalue weighted by Gasteiger charge is 2.12. The summed E-state index contributed by atoms with van der Waals surface area (Å²) in [6.07, 6.45) is 1.81. The van der Waals surface area contributed by atoms with Crippen molar-refractivity contribution in [2.24, 2.45) is 5.73 Å². The highest BCUT2D eigenvalue weighted by molar-refractivity contribution is 9.10. The van der Waals surface area contributed by atoms with E-state index in [-0.39, 0.29) is 6.04 Å². The zero-order chi connectivity index (χ0) is 14.5. The van der Waals surface area contributed by atoms with Crippen LogP contribution in [0.4, 0.5) is 0 Å². The molecule has 1 atom stereocenters. The average Bonchev–Trinajstić information content (AvgIpc) is 2.44. The molecule has 0 saturated carbocycles. The van der Waals surface area contributed by atoms with Gasteiger partial charge in [-0.25, -0.2) is 0 Å². The van der Waals surface area contributed by atoms with Crippen molar-refractivity contribution in [1.29, 1.82) is 0 Å². The van der Waals surface area contributed by atoms with E-state index >= 15 is 0 Å². The fraction of sp³-hybridized carbons (Fsp3) is 0.250. The molecule has 20 heavy (non-hydrogen) atoms. The second-order valence-corrected chi connectivity index (χ2v) is 6.95. The van der Waals surface area contributed by atoms with Crippen molar-refractivity contribution < 1.29 is 0 Å². The van der Waals surface area contributed by atoms with Gasteiger partial charge in [0.25, 0.3) is 0 Å². The largest absolute Gasteiger partial charge is 0.327 e. The van der Waals surface area contributed by atoms with Gasteiger partial charge in [0.05, 0.1) is 5.02 Å². The normalized spacial score (nSPS) is 12.4. The summed E-state index contributed by atoms with van der Waals surface area (Å²) in [7, 11) is 0. The second-order valence-electron chi connectivity index (χ2n) is 4.63. The Labute approximate surface area is 138 Å². The maximum Gasteiger partial charge on any atom is 0.0548 e. The molecule has 1 unspecified atom stereocenters. The SMILES string of the molecule is CCC(N)Cc1cccc(Cl)c1Sc1ccccc1Br. The van der Waals surface area contributed by atoms with E-state index in [1.54, 1.807) is 11.8 Å². The minimum atomic E-state index is 0.173. The zero-order valence-corrected chi connectivity index (χ0v) is 14.4. The molecule has 2 aromatic rings. The van der Waals surface area contributed by atoms with E-state index in [9.17, 15) is 0 Å². The smallest absolute Gasteiger partial charge is 0.0548 e. The van der Waals surface area contributed by atoms with Crippen LogP contribution in [0.5, 0.6) is 0 Å². The maximum atomic E-state index is 6.38. The van der Waals surface area contributed by atoms with E-state index < -0.39 is 0 Å². The van der Waals surface area contributed by atoms with Gasteiger partial charge in [-0.3, -0.25) is 0 Å². The molecule has 2 rings (SSSR count). The monoisotopic (exact) mass is 369 g/mol. The molecule has 0 radical (unpaired) electrons. The summed E-state index contributed by atoms with van der Waals surface area (Å²) in [5, 5.41) is 0.784. The number of halogens is 2. The van der Waals surface area contributed by atoms with Crippen molar-refractivity contribution in [3.8, 4) is 0 Å². The van der Waals surface area contributed by atoms with Crippen molar-refractivity contribution in [1.82, 2.24) is 0 Å². The first kappa shape index (κ1) is 15.9. The molecular formula is C16H17BrClNS. The van der Waals surface area contributed by atoms with Gasteiger partial charge in [-0.05, 0) is 52.5 Å². The molecule has 0 aliphatic rings. The Bertz CT molecular complexity index is 588. The standard InChI is InChI=1S/C16H17BrClNS/c1-2-12(19)10-11-6-5-8-14(18)16(11)20-15-9-4-3-7-13(15)17/h3-9,12H,2,10,19H2,1H3. The van der Waals surface area contributed by atoms with Crippen LogP contribution in [0.25, 0.3) is 0 Å². The van der Waals surface area contributed by atoms with Crippen LogP contribution in [0.15, 0.2) is 56.7 Å². The molecule has 106 valence electrons. The Morgan fingerprint density at radius 1 is 1.20 bits per heavy atom. The van der Waals surface area contributed by atoms with Crippen LogP contribution in [-0.2, 0) is 6.42 Å². The molecule has 4 heteroatoms. The molecule has 0 bridgehead atoms. The molecule has 0 amide bonds. The molecule has 0 spiro atoms. The van der Waals surface area contributed by atoms with Gasteiger partial charge in [0.15, 0.2) is 0 Å². The molecule has 2 N–H and O–H groups in total. The summed E-state index contributed by atoms with van der Waals surface area (Å²) in [6.45, 7) is 2.11. The van der Waals surface area contributed by atoms with Gasteiger partial charge < -0.3 is 5.73 Å². The van der Waals surface area contributed by atoms with Gasteiger partial charge in [0.2, 0.25) is 0 Å². The number of hydrogen-bond donors (Lipinski definition) is 1. The van der Waals surface area contributed by atoms with Gasteiger partial charge in [-0.1, -0.05) is 54.6 Å². The molecule has 0 heterocycles. The number of hydrogen-bond acceptors (Lipinski definition) is 2. The number of rotatable bonds is 5. The summed E-state index contributed by atoms with van der Waals surface area (Å²) >= 11 is 11.6. The minimum Gasteiger partial charge on any atom is -0.327 e. The van der Waals surface area contributed by atoms with E-state index in [1.165, 1.54) is 5.56 Å². The summed E-state index contributed by atoms with van der Waals surface area (Å²) in [6, 6.07) is 14.4. The van der Waals surface area contributed by atoms with Crippen LogP contribution in [-0.4, -0.2) is 6.04 Å². The first-order valence-electron chi connectivity index (χ1n) is 6.57. The fourth-order valence-corrected chi connectivity index (χ4v) is 3.71. The van der Waals surface area contributed by atoms with E-state index in [2.05, 4.69) is 35.0 Å². The summed E-state index contributed by atoms with van der Waals surface area (Å²) in [4.78, 5) is 2.26. The lowest BCUT2D eigenvalue weighted by atomic mass is 10.0. The molecule has 0 aromatic heterocycles. The van der Waals surface area contributed by atoms with Crippen molar-refractivity contribution >= 4 is 39.3 Å². The van der Waals surface area contributed by atoms with Gasteiger partial charge in [0.1, 0.15) is 0 Å². The van der Waals surface area contributed by atoms with Gasteiger partial charge in [-0.2, -0.15) is 0 Å². The number of nitrogens with two attached hydrogens (primary N) is 1. The van der Waals surface area contributed by atoms with Crippen molar-refractivity contribution in [3.63, 3.8) is 0 Å². The van der Waals surface area contributed by atoms with Crippen molar-refractivity contribution in [3.05, 3.63) is 57.5 Å². The Hall–Kier alpha value is -0.480. The Kier molecular flexibility index (Phi) is 5.97. The van der Waals surface area contributed by atoms with Crippen LogP contribution < -0.4 is 5.73 Å². The van der Waals surface area contributed by atoms with Crippen LogP contribution >= 0.6 is 39.3 Å². The van der Waals surface area contributed by atoms with E-state index in [0.29, 0.717) is 0 Å². The van der Waals surface area contributed by atoms with E-state index in [0.717, 1.165) is 32.1 Å². The summed E-state index contributed by atoms with van der Waals surface area (Å²) in [5.74, 6) is 0. The van der Waals surface area contributed by atoms with Gasteiger partial charge in [0, 0.05) is 20.3 Å². The van der Waals surface area contributed by atoms with E-state index in [1.807, 2.05) is 30.3 Å². The lowest BCUT2D eigenvalue weighted by Gasteiger charge is -2.15. The Balaban J connectivity index is 2.33. The molecular weight excluding hydrogens is 354 g/mol. The van der Waals surface area contributed by atoms with Crippen LogP contribution in [0.3, 0.4) is 0 Å². The highest BCUT2D eigenvalue weighted by atomic mass is 79.9. The molecule has 0 fully saturated rings. The first-order chi connectivity index (χ1) is 9.61. The fourth-order valence-electron chi connectivity index (χ4n) is 1.89. The third-order valence-electron chi connectivity index (χ3n) is 3.10. The Morgan fingerprint density at radius 2 is 1.95 bits per heavy atom. The first-order valence-corrected chi connectivity index (χ1v) is 8.56. The molecule has 0 aliphatic heterocycles. The van der Waals surface area contributed by atoms with Gasteiger partial charge >= 0.3 is 0 Å². The molecule has 0 saturated heterocycles. The highest BCUT2D eigenvalue weighted by Crippen LogP contribution is 2.39. The lowest BCUT2D eigenvalue weighted by molar-refractivity contribution is 0.641. The summed E-state index contributed by atoms with van der Waals surface area (Å²) < 4.78 is 1.08. The maximum absolute atomic E-state index is 6.38. The van der Waals surface area contributed by atoms with Crippen molar-refractivity contribution in [2.75, 3.05) is 0 Å². The van der Waals surface area contributed by atoms with Gasteiger partial charge in [-0.15, -0.1) is 0 Å². The van der Waals surface area contributed by atoms with Crippen LogP contribution in [0, 0.1) is 0 Å². The third kappa shape index (κ3) is 4.01. The van der Waals surface area contributed by atoms with Crippen LogP contribution in [0.2, 0.25) is 5.02 Å². The molecule has 0 aliphatic carbocycles. The summed E-state index contributed by atoms with van der Waals surface area (Å²) in [5.41, 5.74) is 7.30. The molecule has 1 nitrogen and oxygen atoms in total. The lowest BCUT2D eigenvalue weighted by Crippen LogP contribution is -2.21. The Morgan fingerprint density at radius 3 is 2.65 bits per heavy atom. The topological polar surface area (TPSA) is 26.0 Å².